The van der Waals surface area contributed by atoms with Gasteiger partial charge >= 0.3 is 0 Å². The van der Waals surface area contributed by atoms with Crippen LogP contribution in [0.25, 0.3) is 0 Å². The Kier molecular flexibility index (Phi) is 11.0. The Labute approximate surface area is 216 Å². The summed E-state index contributed by atoms with van der Waals surface area (Å²) in [4.78, 5) is 28.5. The number of para-hydroxylation sites is 1. The van der Waals surface area contributed by atoms with Crippen LogP contribution in [0, 0.1) is 0 Å². The molecule has 0 aliphatic carbocycles. The van der Waals surface area contributed by atoms with E-state index in [0.29, 0.717) is 25.1 Å². The fourth-order valence-corrected chi connectivity index (χ4v) is 5.00. The van der Waals surface area contributed by atoms with E-state index >= 15 is 0 Å². The van der Waals surface area contributed by atoms with Gasteiger partial charge in [-0.2, -0.15) is 0 Å². The second-order valence-electron chi connectivity index (χ2n) is 9.55. The lowest BCUT2D eigenvalue weighted by Gasteiger charge is -2.34. The van der Waals surface area contributed by atoms with Crippen molar-refractivity contribution in [3.63, 3.8) is 0 Å². The zero-order valence-corrected chi connectivity index (χ0v) is 23.2. The zero-order chi connectivity index (χ0) is 26.9. The first kappa shape index (κ1) is 29.4. The molecule has 7 nitrogen and oxygen atoms in total. The van der Waals surface area contributed by atoms with E-state index < -0.39 is 22.0 Å². The van der Waals surface area contributed by atoms with E-state index in [0.717, 1.165) is 23.8 Å². The fourth-order valence-electron chi connectivity index (χ4n) is 4.13. The molecule has 0 heterocycles. The van der Waals surface area contributed by atoms with E-state index in [9.17, 15) is 18.0 Å². The van der Waals surface area contributed by atoms with Crippen LogP contribution in [0.3, 0.4) is 0 Å². The first-order valence-electron chi connectivity index (χ1n) is 12.7. The van der Waals surface area contributed by atoms with Gasteiger partial charge in [-0.05, 0) is 49.3 Å². The summed E-state index contributed by atoms with van der Waals surface area (Å²) in [5.41, 5.74) is 2.37. The number of anilines is 1. The van der Waals surface area contributed by atoms with Gasteiger partial charge in [-0.3, -0.25) is 13.9 Å². The van der Waals surface area contributed by atoms with E-state index in [1.807, 2.05) is 77.1 Å². The van der Waals surface area contributed by atoms with Crippen LogP contribution in [-0.2, 0) is 26.0 Å². The Balaban J connectivity index is 2.43. The smallest absolute Gasteiger partial charge is 0.244 e. The largest absolute Gasteiger partial charge is 0.352 e. The van der Waals surface area contributed by atoms with Crippen LogP contribution in [0.15, 0.2) is 54.6 Å². The molecule has 2 amide bonds. The molecule has 0 radical (unpaired) electrons. The minimum Gasteiger partial charge on any atom is -0.352 e. The Morgan fingerprint density at radius 2 is 1.53 bits per heavy atom. The Morgan fingerprint density at radius 1 is 0.917 bits per heavy atom. The van der Waals surface area contributed by atoms with Crippen molar-refractivity contribution in [2.45, 2.75) is 71.9 Å². The van der Waals surface area contributed by atoms with Crippen molar-refractivity contribution in [1.82, 2.24) is 10.2 Å². The average Bonchev–Trinajstić information content (AvgIpc) is 2.84. The van der Waals surface area contributed by atoms with Crippen LogP contribution in [0.1, 0.15) is 64.5 Å². The van der Waals surface area contributed by atoms with E-state index in [2.05, 4.69) is 5.32 Å². The van der Waals surface area contributed by atoms with E-state index in [4.69, 9.17) is 0 Å². The normalized spacial score (nSPS) is 13.2. The molecular weight excluding hydrogens is 474 g/mol. The predicted molar refractivity (Wildman–Crippen MR) is 147 cm³/mol. The molecule has 0 aliphatic heterocycles. The molecule has 0 saturated heterocycles. The van der Waals surface area contributed by atoms with Crippen LogP contribution in [0.4, 0.5) is 5.69 Å². The number of sulfonamides is 1. The third kappa shape index (κ3) is 8.08. The molecule has 0 fully saturated rings. The van der Waals surface area contributed by atoms with Crippen LogP contribution in [-0.4, -0.2) is 56.6 Å². The second-order valence-corrected chi connectivity index (χ2v) is 11.5. The highest BCUT2D eigenvalue weighted by molar-refractivity contribution is 7.92. The summed E-state index contributed by atoms with van der Waals surface area (Å²) in [7, 11) is -3.76. The Hall–Kier alpha value is -2.87. The molecule has 2 aromatic rings. The summed E-state index contributed by atoms with van der Waals surface area (Å²) in [5, 5.41) is 2.99. The molecule has 198 valence electrons. The summed E-state index contributed by atoms with van der Waals surface area (Å²) < 4.78 is 26.9. The molecule has 8 heteroatoms. The lowest BCUT2D eigenvalue weighted by molar-refractivity contribution is -0.139. The van der Waals surface area contributed by atoms with Crippen LogP contribution < -0.4 is 9.62 Å². The van der Waals surface area contributed by atoms with Gasteiger partial charge in [0.05, 0.1) is 11.9 Å². The van der Waals surface area contributed by atoms with Crippen LogP contribution >= 0.6 is 0 Å². The average molecular weight is 516 g/mol. The molecule has 0 saturated carbocycles. The second kappa shape index (κ2) is 13.4. The number of hydrogen-bond donors (Lipinski definition) is 1. The lowest BCUT2D eigenvalue weighted by Crippen LogP contribution is -2.54. The minimum atomic E-state index is -3.76. The molecular formula is C28H41N3O4S. The lowest BCUT2D eigenvalue weighted by atomic mass is 10.0. The number of benzene rings is 2. The highest BCUT2D eigenvalue weighted by Gasteiger charge is 2.32. The molecule has 0 unspecified atom stereocenters. The van der Waals surface area contributed by atoms with Gasteiger partial charge < -0.3 is 10.2 Å². The third-order valence-corrected chi connectivity index (χ3v) is 7.50. The van der Waals surface area contributed by atoms with Gasteiger partial charge in [0.15, 0.2) is 0 Å². The maximum atomic E-state index is 13.8. The number of nitrogens with zero attached hydrogens (tertiary/aromatic N) is 2. The number of carbonyl (C=O) groups excluding carboxylic acids is 2. The summed E-state index contributed by atoms with van der Waals surface area (Å²) in [6.45, 7) is 9.68. The summed E-state index contributed by atoms with van der Waals surface area (Å²) in [6.07, 6.45) is 2.86. The van der Waals surface area contributed by atoms with Gasteiger partial charge in [0.1, 0.15) is 12.6 Å². The first-order chi connectivity index (χ1) is 17.0. The molecule has 0 spiro atoms. The van der Waals surface area contributed by atoms with Gasteiger partial charge in [-0.15, -0.1) is 0 Å². The van der Waals surface area contributed by atoms with Gasteiger partial charge in [0.25, 0.3) is 0 Å². The fraction of sp³-hybridized carbons (Fsp3) is 0.500. The zero-order valence-electron chi connectivity index (χ0n) is 22.4. The van der Waals surface area contributed by atoms with Crippen molar-refractivity contribution < 1.29 is 18.0 Å². The molecule has 0 aromatic heterocycles. The van der Waals surface area contributed by atoms with E-state index in [-0.39, 0.29) is 24.4 Å². The standard InChI is InChI=1S/C28H41N3O4S/c1-7-22(5)29-28(33)25(8-2)30(19-18-23-14-10-9-11-15-23)27(32)20-31(36(6,34)35)26-17-13-12-16-24(26)21(3)4/h9-17,21-22,25H,7-8,18-20H2,1-6H3,(H,29,33)/t22-,25-/m0/s1. The SMILES string of the molecule is CC[C@H](C)NC(=O)[C@H](CC)N(CCc1ccccc1)C(=O)CN(c1ccccc1C(C)C)S(C)(=O)=O. The van der Waals surface area contributed by atoms with Crippen LogP contribution in [0.2, 0.25) is 0 Å². The van der Waals surface area contributed by atoms with Gasteiger partial charge in [-0.1, -0.05) is 76.2 Å². The van der Waals surface area contributed by atoms with E-state index in [1.54, 1.807) is 17.0 Å². The highest BCUT2D eigenvalue weighted by atomic mass is 32.2. The summed E-state index contributed by atoms with van der Waals surface area (Å²) in [6, 6.07) is 16.3. The summed E-state index contributed by atoms with van der Waals surface area (Å²) >= 11 is 0. The molecule has 36 heavy (non-hydrogen) atoms. The number of hydrogen-bond acceptors (Lipinski definition) is 4. The number of carbonyl (C=O) groups is 2. The number of nitrogens with one attached hydrogen (secondary N) is 1. The number of amides is 2. The molecule has 1 N–H and O–H groups in total. The van der Waals surface area contributed by atoms with Gasteiger partial charge in [0.2, 0.25) is 21.8 Å². The molecule has 2 aromatic carbocycles. The van der Waals surface area contributed by atoms with Crippen molar-refractivity contribution >= 4 is 27.5 Å². The first-order valence-corrected chi connectivity index (χ1v) is 14.5. The maximum Gasteiger partial charge on any atom is 0.244 e. The van der Waals surface area contributed by atoms with Crippen molar-refractivity contribution in [3.05, 3.63) is 65.7 Å². The van der Waals surface area contributed by atoms with Crippen molar-refractivity contribution in [2.75, 3.05) is 23.7 Å². The molecule has 0 aliphatic rings. The van der Waals surface area contributed by atoms with Gasteiger partial charge in [-0.25, -0.2) is 8.42 Å². The van der Waals surface area contributed by atoms with Crippen molar-refractivity contribution in [3.8, 4) is 0 Å². The highest BCUT2D eigenvalue weighted by Crippen LogP contribution is 2.29. The van der Waals surface area contributed by atoms with Gasteiger partial charge in [0, 0.05) is 12.6 Å². The number of rotatable bonds is 13. The van der Waals surface area contributed by atoms with Crippen molar-refractivity contribution in [2.24, 2.45) is 0 Å². The minimum absolute atomic E-state index is 0.0249. The van der Waals surface area contributed by atoms with Crippen LogP contribution in [0.5, 0.6) is 0 Å². The van der Waals surface area contributed by atoms with E-state index in [1.165, 1.54) is 4.31 Å². The molecule has 2 rings (SSSR count). The topological polar surface area (TPSA) is 86.8 Å². The predicted octanol–water partition coefficient (Wildman–Crippen LogP) is 4.34. The maximum absolute atomic E-state index is 13.8. The quantitative estimate of drug-likeness (QED) is 0.430. The molecule has 2 atom stereocenters. The summed E-state index contributed by atoms with van der Waals surface area (Å²) in [5.74, 6) is -0.553. The third-order valence-electron chi connectivity index (χ3n) is 6.38. The molecule has 0 bridgehead atoms. The monoisotopic (exact) mass is 515 g/mol. The van der Waals surface area contributed by atoms with Crippen molar-refractivity contribution in [1.29, 1.82) is 0 Å². The Bertz CT molecular complexity index is 1100. The Morgan fingerprint density at radius 3 is 2.08 bits per heavy atom.